The first-order valence-corrected chi connectivity index (χ1v) is 19.4. The topological polar surface area (TPSA) is 60.4 Å². The summed E-state index contributed by atoms with van der Waals surface area (Å²) < 4.78 is 4.15. The first kappa shape index (κ1) is 33.4. The third-order valence-electron chi connectivity index (χ3n) is 10.8. The average molecular weight is 743 g/mol. The molecular formula is C52H34N6. The lowest BCUT2D eigenvalue weighted by atomic mass is 9.99. The van der Waals surface area contributed by atoms with E-state index in [1.54, 1.807) is 0 Å². The Morgan fingerprint density at radius 1 is 0.328 bits per heavy atom. The molecule has 58 heavy (non-hydrogen) atoms. The zero-order valence-electron chi connectivity index (χ0n) is 31.3. The Hall–Kier alpha value is -7.96. The minimum atomic E-state index is 0.678. The van der Waals surface area contributed by atoms with Gasteiger partial charge in [-0.3, -0.25) is 4.40 Å². The summed E-state index contributed by atoms with van der Waals surface area (Å²) in [7, 11) is 0. The quantitative estimate of drug-likeness (QED) is 0.163. The summed E-state index contributed by atoms with van der Waals surface area (Å²) in [6.07, 6.45) is 2.07. The second-order valence-electron chi connectivity index (χ2n) is 14.4. The van der Waals surface area contributed by atoms with Crippen molar-refractivity contribution < 1.29 is 0 Å². The fraction of sp³-hybridized carbons (Fsp3) is 0. The highest BCUT2D eigenvalue weighted by Crippen LogP contribution is 2.39. The average Bonchev–Trinajstić information content (AvgIpc) is 3.89. The molecule has 4 aromatic heterocycles. The van der Waals surface area contributed by atoms with Crippen LogP contribution in [0.25, 0.3) is 101 Å². The van der Waals surface area contributed by atoms with Crippen LogP contribution in [-0.4, -0.2) is 29.0 Å². The molecule has 0 bridgehead atoms. The molecule has 0 aliphatic heterocycles. The van der Waals surface area contributed by atoms with Gasteiger partial charge in [-0.15, -0.1) is 5.10 Å². The highest BCUT2D eigenvalue weighted by atomic mass is 15.3. The van der Waals surface area contributed by atoms with Gasteiger partial charge in [0.15, 0.2) is 17.3 Å². The molecule has 0 radical (unpaired) electrons. The molecule has 0 aliphatic carbocycles. The van der Waals surface area contributed by atoms with E-state index in [1.165, 1.54) is 0 Å². The number of nitrogens with zero attached hydrogens (tertiary/aromatic N) is 6. The highest BCUT2D eigenvalue weighted by Gasteiger charge is 2.21. The Bertz CT molecular complexity index is 3240. The van der Waals surface area contributed by atoms with Crippen molar-refractivity contribution in [2.45, 2.75) is 0 Å². The Morgan fingerprint density at radius 2 is 0.845 bits per heavy atom. The van der Waals surface area contributed by atoms with Crippen LogP contribution in [0.1, 0.15) is 0 Å². The summed E-state index contributed by atoms with van der Waals surface area (Å²) in [6, 6.07) is 69.5. The second-order valence-corrected chi connectivity index (χ2v) is 14.4. The van der Waals surface area contributed by atoms with Gasteiger partial charge in [-0.2, -0.15) is 0 Å². The monoisotopic (exact) mass is 742 g/mol. The first-order valence-electron chi connectivity index (χ1n) is 19.4. The number of rotatable bonds is 7. The highest BCUT2D eigenvalue weighted by molar-refractivity contribution is 6.06. The van der Waals surface area contributed by atoms with Crippen molar-refractivity contribution >= 4 is 22.1 Å². The van der Waals surface area contributed by atoms with Gasteiger partial charge >= 0.3 is 0 Å². The molecule has 0 fully saturated rings. The third kappa shape index (κ3) is 5.83. The zero-order valence-corrected chi connectivity index (χ0v) is 31.3. The number of pyridine rings is 1. The van der Waals surface area contributed by atoms with Crippen LogP contribution in [0.3, 0.4) is 0 Å². The molecule has 0 spiro atoms. The lowest BCUT2D eigenvalue weighted by Gasteiger charge is -2.13. The lowest BCUT2D eigenvalue weighted by molar-refractivity contribution is 0.968. The molecule has 11 rings (SSSR count). The van der Waals surface area contributed by atoms with Crippen LogP contribution in [0, 0.1) is 0 Å². The van der Waals surface area contributed by atoms with Crippen molar-refractivity contribution in [2.75, 3.05) is 0 Å². The van der Waals surface area contributed by atoms with Crippen molar-refractivity contribution in [2.24, 2.45) is 0 Å². The maximum Gasteiger partial charge on any atom is 0.182 e. The molecule has 0 atom stereocenters. The summed E-state index contributed by atoms with van der Waals surface area (Å²) in [6.45, 7) is 0. The minimum absolute atomic E-state index is 0.678. The molecule has 0 aliphatic rings. The van der Waals surface area contributed by atoms with Gasteiger partial charge in [0.2, 0.25) is 0 Å². The van der Waals surface area contributed by atoms with Crippen LogP contribution in [0.4, 0.5) is 0 Å². The van der Waals surface area contributed by atoms with Crippen LogP contribution >= 0.6 is 0 Å². The molecule has 0 amide bonds. The van der Waals surface area contributed by atoms with Crippen molar-refractivity contribution in [3.8, 4) is 78.8 Å². The van der Waals surface area contributed by atoms with E-state index in [4.69, 9.17) is 20.1 Å². The van der Waals surface area contributed by atoms with Gasteiger partial charge in [-0.05, 0) is 39.9 Å². The van der Waals surface area contributed by atoms with Crippen LogP contribution in [0.15, 0.2) is 206 Å². The first-order chi connectivity index (χ1) is 28.7. The van der Waals surface area contributed by atoms with E-state index in [1.807, 2.05) is 40.9 Å². The van der Waals surface area contributed by atoms with E-state index in [-0.39, 0.29) is 0 Å². The molecule has 0 saturated heterocycles. The van der Waals surface area contributed by atoms with Gasteiger partial charge in [0, 0.05) is 44.8 Å². The Labute approximate surface area is 335 Å². The van der Waals surface area contributed by atoms with E-state index in [0.717, 1.165) is 89.2 Å². The predicted molar refractivity (Wildman–Crippen MR) is 235 cm³/mol. The SMILES string of the molecule is c1ccc(-c2cc(-c3ccccc3)c3nc(-c4ccc(-c5cccc(-c6c7ccccc7c7nc(-c8ccccc8)nc(-c8ccccc8)n67)c5)cc4)nn3c2)cc1. The fourth-order valence-corrected chi connectivity index (χ4v) is 7.99. The largest absolute Gasteiger partial charge is 0.277 e. The number of hydrogen-bond donors (Lipinski definition) is 0. The molecule has 11 aromatic rings. The fourth-order valence-electron chi connectivity index (χ4n) is 7.99. The maximum atomic E-state index is 5.24. The van der Waals surface area contributed by atoms with Gasteiger partial charge in [0.1, 0.15) is 11.5 Å². The smallest absolute Gasteiger partial charge is 0.182 e. The van der Waals surface area contributed by atoms with Gasteiger partial charge in [0.05, 0.1) is 5.69 Å². The number of fused-ring (bicyclic) bond motifs is 4. The Balaban J connectivity index is 1.01. The standard InChI is InChI=1S/C52H34N6/c1-5-16-35(17-6-1)43-33-46(37-18-7-2-8-19-37)51-55-49(56-57(51)34-43)39-30-28-36(29-31-39)41-24-15-25-42(32-41)47-44-26-13-14-27-45(44)52-54-48(38-20-9-3-10-21-38)53-50(58(47)52)40-22-11-4-12-23-40/h1-34H. The summed E-state index contributed by atoms with van der Waals surface area (Å²) in [5, 5.41) is 7.21. The molecular weight excluding hydrogens is 709 g/mol. The third-order valence-corrected chi connectivity index (χ3v) is 10.8. The van der Waals surface area contributed by atoms with Crippen LogP contribution in [0.2, 0.25) is 0 Å². The predicted octanol–water partition coefficient (Wildman–Crippen LogP) is 12.6. The van der Waals surface area contributed by atoms with Gasteiger partial charge < -0.3 is 0 Å². The molecule has 7 aromatic carbocycles. The molecule has 0 saturated carbocycles. The Morgan fingerprint density at radius 3 is 1.55 bits per heavy atom. The molecule has 4 heterocycles. The van der Waals surface area contributed by atoms with E-state index in [9.17, 15) is 0 Å². The van der Waals surface area contributed by atoms with Crippen LogP contribution in [-0.2, 0) is 0 Å². The van der Waals surface area contributed by atoms with Gasteiger partial charge in [-0.1, -0.05) is 188 Å². The van der Waals surface area contributed by atoms with Crippen LogP contribution in [0.5, 0.6) is 0 Å². The van der Waals surface area contributed by atoms with E-state index in [2.05, 4.69) is 174 Å². The van der Waals surface area contributed by atoms with Crippen molar-refractivity contribution in [1.29, 1.82) is 0 Å². The zero-order chi connectivity index (χ0) is 38.4. The molecule has 272 valence electrons. The molecule has 6 nitrogen and oxygen atoms in total. The van der Waals surface area contributed by atoms with Crippen molar-refractivity contribution in [3.63, 3.8) is 0 Å². The summed E-state index contributed by atoms with van der Waals surface area (Å²) >= 11 is 0. The molecule has 0 unspecified atom stereocenters. The second kappa shape index (κ2) is 14.0. The van der Waals surface area contributed by atoms with E-state index >= 15 is 0 Å². The summed E-state index contributed by atoms with van der Waals surface area (Å²) in [5.74, 6) is 2.22. The maximum absolute atomic E-state index is 5.24. The number of hydrogen-bond acceptors (Lipinski definition) is 4. The van der Waals surface area contributed by atoms with E-state index < -0.39 is 0 Å². The molecule has 0 N–H and O–H groups in total. The molecule has 6 heteroatoms. The van der Waals surface area contributed by atoms with Crippen molar-refractivity contribution in [3.05, 3.63) is 206 Å². The minimum Gasteiger partial charge on any atom is -0.277 e. The van der Waals surface area contributed by atoms with Crippen LogP contribution < -0.4 is 0 Å². The normalized spacial score (nSPS) is 11.4. The van der Waals surface area contributed by atoms with Gasteiger partial charge in [0.25, 0.3) is 0 Å². The number of benzene rings is 7. The lowest BCUT2D eigenvalue weighted by Crippen LogP contribution is -2.03. The van der Waals surface area contributed by atoms with Gasteiger partial charge in [-0.25, -0.2) is 19.5 Å². The number of aromatic nitrogens is 6. The van der Waals surface area contributed by atoms with E-state index in [0.29, 0.717) is 11.6 Å². The summed E-state index contributed by atoms with van der Waals surface area (Å²) in [5.41, 5.74) is 13.3. The van der Waals surface area contributed by atoms with Crippen molar-refractivity contribution in [1.82, 2.24) is 29.0 Å². The Kier molecular flexibility index (Phi) is 8.04. The summed E-state index contributed by atoms with van der Waals surface area (Å²) in [4.78, 5) is 15.6.